The quantitative estimate of drug-likeness (QED) is 0.310. The van der Waals surface area contributed by atoms with Crippen LogP contribution in [-0.4, -0.2) is 59.6 Å². The maximum absolute atomic E-state index is 9.79. The average molecular weight is 359 g/mol. The molecule has 148 valence electrons. The van der Waals surface area contributed by atoms with E-state index in [1.807, 2.05) is 0 Å². The molecule has 5 nitrogen and oxygen atoms in total. The van der Waals surface area contributed by atoms with Crippen LogP contribution in [0.25, 0.3) is 0 Å². The van der Waals surface area contributed by atoms with Crippen LogP contribution in [0.3, 0.4) is 0 Å². The first kappa shape index (κ1) is 22.6. The third-order valence-electron chi connectivity index (χ3n) is 4.72. The van der Waals surface area contributed by atoms with Crippen LogP contribution in [-0.2, 0) is 9.47 Å². The van der Waals surface area contributed by atoms with Crippen LogP contribution in [0.2, 0.25) is 0 Å². The van der Waals surface area contributed by atoms with Gasteiger partial charge in [-0.25, -0.2) is 0 Å². The molecule has 0 spiro atoms. The molecule has 3 N–H and O–H groups in total. The van der Waals surface area contributed by atoms with Crippen LogP contribution in [0.15, 0.2) is 12.2 Å². The summed E-state index contributed by atoms with van der Waals surface area (Å²) in [5, 5.41) is 28.7. The minimum Gasteiger partial charge on any atom is -0.394 e. The SMILES string of the molecule is CCCC/C=C/CCCCCCCCO[C@@H](CO)[C@H]1OC[C@@H](O)[C@H]1O. The number of aliphatic hydroxyl groups excluding tert-OH is 3. The second-order valence-corrected chi connectivity index (χ2v) is 6.97. The number of hydrogen-bond donors (Lipinski definition) is 3. The third kappa shape index (κ3) is 9.71. The van der Waals surface area contributed by atoms with Crippen molar-refractivity contribution < 1.29 is 24.8 Å². The molecule has 0 saturated carbocycles. The van der Waals surface area contributed by atoms with Crippen molar-refractivity contribution in [2.24, 2.45) is 0 Å². The van der Waals surface area contributed by atoms with E-state index in [-0.39, 0.29) is 13.2 Å². The Balaban J connectivity index is 1.93. The van der Waals surface area contributed by atoms with Crippen molar-refractivity contribution in [2.45, 2.75) is 95.5 Å². The van der Waals surface area contributed by atoms with Crippen LogP contribution in [0, 0.1) is 0 Å². The Morgan fingerprint density at radius 3 is 2.24 bits per heavy atom. The summed E-state index contributed by atoms with van der Waals surface area (Å²) in [7, 11) is 0. The number of ether oxygens (including phenoxy) is 2. The molecule has 1 aliphatic rings. The van der Waals surface area contributed by atoms with Crippen LogP contribution >= 0.6 is 0 Å². The first-order chi connectivity index (χ1) is 12.2. The van der Waals surface area contributed by atoms with Gasteiger partial charge in [0.2, 0.25) is 0 Å². The molecule has 1 heterocycles. The van der Waals surface area contributed by atoms with E-state index < -0.39 is 24.4 Å². The number of hydrogen-bond acceptors (Lipinski definition) is 5. The zero-order valence-corrected chi connectivity index (χ0v) is 15.8. The lowest BCUT2D eigenvalue weighted by atomic mass is 10.1. The summed E-state index contributed by atoms with van der Waals surface area (Å²) in [5.41, 5.74) is 0. The third-order valence-corrected chi connectivity index (χ3v) is 4.72. The topological polar surface area (TPSA) is 79.2 Å². The molecule has 0 aromatic heterocycles. The van der Waals surface area contributed by atoms with Crippen molar-refractivity contribution in [3.8, 4) is 0 Å². The molecule has 0 aromatic carbocycles. The fourth-order valence-corrected chi connectivity index (χ4v) is 3.07. The number of aliphatic hydroxyl groups is 3. The molecule has 0 bridgehead atoms. The molecule has 0 amide bonds. The highest BCUT2D eigenvalue weighted by molar-refractivity contribution is 4.88. The molecule has 0 aromatic rings. The van der Waals surface area contributed by atoms with E-state index in [1.165, 1.54) is 51.4 Å². The van der Waals surface area contributed by atoms with E-state index in [9.17, 15) is 15.3 Å². The Morgan fingerprint density at radius 2 is 1.64 bits per heavy atom. The second-order valence-electron chi connectivity index (χ2n) is 6.97. The second kappa shape index (κ2) is 14.7. The summed E-state index contributed by atoms with van der Waals surface area (Å²) in [6.07, 6.45) is 13.6. The van der Waals surface area contributed by atoms with E-state index >= 15 is 0 Å². The normalized spacial score (nSPS) is 25.0. The zero-order valence-electron chi connectivity index (χ0n) is 15.8. The van der Waals surface area contributed by atoms with Crippen molar-refractivity contribution in [1.29, 1.82) is 0 Å². The molecule has 0 aliphatic carbocycles. The molecule has 25 heavy (non-hydrogen) atoms. The number of unbranched alkanes of at least 4 members (excludes halogenated alkanes) is 8. The van der Waals surface area contributed by atoms with Crippen LogP contribution in [0.4, 0.5) is 0 Å². The summed E-state index contributed by atoms with van der Waals surface area (Å²) >= 11 is 0. The fraction of sp³-hybridized carbons (Fsp3) is 0.900. The zero-order chi connectivity index (χ0) is 18.3. The molecule has 1 aliphatic heterocycles. The predicted octanol–water partition coefficient (Wildman–Crippen LogP) is 2.96. The van der Waals surface area contributed by atoms with Gasteiger partial charge in [0.25, 0.3) is 0 Å². The van der Waals surface area contributed by atoms with Crippen molar-refractivity contribution in [1.82, 2.24) is 0 Å². The maximum Gasteiger partial charge on any atom is 0.114 e. The molecule has 0 radical (unpaired) electrons. The number of rotatable bonds is 15. The first-order valence-corrected chi connectivity index (χ1v) is 10.1. The highest BCUT2D eigenvalue weighted by Gasteiger charge is 2.40. The van der Waals surface area contributed by atoms with Crippen LogP contribution < -0.4 is 0 Å². The van der Waals surface area contributed by atoms with Crippen molar-refractivity contribution >= 4 is 0 Å². The van der Waals surface area contributed by atoms with E-state index in [0.717, 1.165) is 12.8 Å². The molecule has 1 rings (SSSR count). The van der Waals surface area contributed by atoms with Gasteiger partial charge in [0.05, 0.1) is 13.2 Å². The Hall–Kier alpha value is -0.460. The van der Waals surface area contributed by atoms with Gasteiger partial charge in [-0.2, -0.15) is 0 Å². The number of allylic oxidation sites excluding steroid dienone is 2. The van der Waals surface area contributed by atoms with E-state index in [0.29, 0.717) is 6.61 Å². The Kier molecular flexibility index (Phi) is 13.3. The maximum atomic E-state index is 9.79. The lowest BCUT2D eigenvalue weighted by Gasteiger charge is -2.24. The van der Waals surface area contributed by atoms with E-state index in [4.69, 9.17) is 9.47 Å². The smallest absolute Gasteiger partial charge is 0.114 e. The Morgan fingerprint density at radius 1 is 1.00 bits per heavy atom. The van der Waals surface area contributed by atoms with Gasteiger partial charge in [0.15, 0.2) is 0 Å². The minimum atomic E-state index is -0.979. The van der Waals surface area contributed by atoms with Gasteiger partial charge in [-0.15, -0.1) is 0 Å². The van der Waals surface area contributed by atoms with Crippen LogP contribution in [0.5, 0.6) is 0 Å². The van der Waals surface area contributed by atoms with Crippen molar-refractivity contribution in [3.63, 3.8) is 0 Å². The van der Waals surface area contributed by atoms with Crippen LogP contribution in [0.1, 0.15) is 71.1 Å². The summed E-state index contributed by atoms with van der Waals surface area (Å²) in [5.74, 6) is 0. The standard InChI is InChI=1S/C20H38O5/c1-2-3-4-5-6-7-8-9-10-11-12-13-14-24-18(15-21)20-19(23)17(22)16-25-20/h5-6,17-23H,2-4,7-16H2,1H3/b6-5+/t17-,18+,19-,20-/m1/s1. The van der Waals surface area contributed by atoms with Gasteiger partial charge in [-0.1, -0.05) is 57.6 Å². The summed E-state index contributed by atoms with van der Waals surface area (Å²) in [4.78, 5) is 0. The lowest BCUT2D eigenvalue weighted by molar-refractivity contribution is -0.101. The molecule has 5 heteroatoms. The van der Waals surface area contributed by atoms with Gasteiger partial charge >= 0.3 is 0 Å². The van der Waals surface area contributed by atoms with Gasteiger partial charge in [-0.05, 0) is 25.7 Å². The molecule has 1 fully saturated rings. The summed E-state index contributed by atoms with van der Waals surface area (Å²) < 4.78 is 10.9. The van der Waals surface area contributed by atoms with Gasteiger partial charge in [0, 0.05) is 6.61 Å². The van der Waals surface area contributed by atoms with Gasteiger partial charge in [0.1, 0.15) is 24.4 Å². The summed E-state index contributed by atoms with van der Waals surface area (Å²) in [6, 6.07) is 0. The van der Waals surface area contributed by atoms with E-state index in [2.05, 4.69) is 19.1 Å². The van der Waals surface area contributed by atoms with E-state index in [1.54, 1.807) is 0 Å². The predicted molar refractivity (Wildman–Crippen MR) is 99.6 cm³/mol. The average Bonchev–Trinajstić information content (AvgIpc) is 2.95. The van der Waals surface area contributed by atoms with Gasteiger partial charge < -0.3 is 24.8 Å². The highest BCUT2D eigenvalue weighted by atomic mass is 16.6. The van der Waals surface area contributed by atoms with Gasteiger partial charge in [-0.3, -0.25) is 0 Å². The molecular formula is C20H38O5. The summed E-state index contributed by atoms with van der Waals surface area (Å²) in [6.45, 7) is 2.66. The lowest BCUT2D eigenvalue weighted by Crippen LogP contribution is -2.42. The minimum absolute atomic E-state index is 0.0967. The largest absolute Gasteiger partial charge is 0.394 e. The highest BCUT2D eigenvalue weighted by Crippen LogP contribution is 2.20. The monoisotopic (exact) mass is 358 g/mol. The molecule has 0 unspecified atom stereocenters. The molecule has 4 atom stereocenters. The Labute approximate surface area is 153 Å². The first-order valence-electron chi connectivity index (χ1n) is 10.1. The molecule has 1 saturated heterocycles. The fourth-order valence-electron chi connectivity index (χ4n) is 3.07. The Bertz CT molecular complexity index is 334. The molecular weight excluding hydrogens is 320 g/mol. The van der Waals surface area contributed by atoms with Crippen molar-refractivity contribution in [2.75, 3.05) is 19.8 Å². The van der Waals surface area contributed by atoms with Crippen molar-refractivity contribution in [3.05, 3.63) is 12.2 Å².